The molecule has 0 radical (unpaired) electrons. The number of alkyl halides is 1. The van der Waals surface area contributed by atoms with Crippen LogP contribution in [0.2, 0.25) is 0 Å². The van der Waals surface area contributed by atoms with E-state index in [2.05, 4.69) is 22.0 Å². The Morgan fingerprint density at radius 2 is 2.05 bits per heavy atom. The number of anilines is 1. The van der Waals surface area contributed by atoms with Gasteiger partial charge in [0.25, 0.3) is 0 Å². The standard InChI is InChI=1S/C32H31F2N9O/c1-3-28(44)41-13-10-20(15-18(41)2)37-29-22-7-6-21(16-19(22)17-24(29)33)43-31(23-5-4-12-36-30(23)35)38-25-8-9-27(39-32(25)43)42-14-11-26(34)40-42/h3-9,11-12,14,16,18,20,24,29,37H,1,10,13,15,17H2,2H3,(H2,35,36)/t18-,20?,24?,29?/m0/s1. The van der Waals surface area contributed by atoms with Crippen molar-refractivity contribution >= 4 is 22.9 Å². The number of hydrogen-bond acceptors (Lipinski definition) is 7. The maximum atomic E-state index is 15.6. The molecule has 0 bridgehead atoms. The number of benzene rings is 1. The highest BCUT2D eigenvalue weighted by atomic mass is 19.1. The summed E-state index contributed by atoms with van der Waals surface area (Å²) in [7, 11) is 0. The number of carbonyl (C=O) groups is 1. The fraction of sp³-hybridized carbons (Fsp3) is 0.281. The van der Waals surface area contributed by atoms with Gasteiger partial charge < -0.3 is 16.0 Å². The predicted octanol–water partition coefficient (Wildman–Crippen LogP) is 4.48. The maximum Gasteiger partial charge on any atom is 0.246 e. The second-order valence-corrected chi connectivity index (χ2v) is 11.4. The molecule has 1 amide bonds. The van der Waals surface area contributed by atoms with Crippen molar-refractivity contribution in [1.82, 2.24) is 39.5 Å². The van der Waals surface area contributed by atoms with Crippen molar-refractivity contribution in [3.05, 3.63) is 90.7 Å². The number of fused-ring (bicyclic) bond motifs is 2. The zero-order valence-corrected chi connectivity index (χ0v) is 24.1. The zero-order chi connectivity index (χ0) is 30.5. The van der Waals surface area contributed by atoms with Crippen LogP contribution in [0.3, 0.4) is 0 Å². The molecule has 4 atom stereocenters. The highest BCUT2D eigenvalue weighted by Crippen LogP contribution is 2.38. The molecule has 1 saturated heterocycles. The third kappa shape index (κ3) is 4.80. The summed E-state index contributed by atoms with van der Waals surface area (Å²) in [5.41, 5.74) is 10.5. The fourth-order valence-electron chi connectivity index (χ4n) is 6.49. The normalized spacial score (nSPS) is 21.5. The molecular weight excluding hydrogens is 564 g/mol. The number of imidazole rings is 1. The molecule has 224 valence electrons. The Labute approximate surface area is 252 Å². The van der Waals surface area contributed by atoms with E-state index in [-0.39, 0.29) is 24.4 Å². The van der Waals surface area contributed by atoms with Crippen LogP contribution >= 0.6 is 0 Å². The van der Waals surface area contributed by atoms with Crippen molar-refractivity contribution in [3.63, 3.8) is 0 Å². The predicted molar refractivity (Wildman–Crippen MR) is 162 cm³/mol. The van der Waals surface area contributed by atoms with Crippen molar-refractivity contribution in [3.8, 4) is 22.9 Å². The molecule has 2 aliphatic rings. The molecule has 5 heterocycles. The molecule has 1 aliphatic heterocycles. The van der Waals surface area contributed by atoms with Gasteiger partial charge >= 0.3 is 0 Å². The Balaban J connectivity index is 1.26. The number of nitrogens with one attached hydrogen (secondary N) is 1. The summed E-state index contributed by atoms with van der Waals surface area (Å²) in [5, 5.41) is 7.41. The van der Waals surface area contributed by atoms with Crippen LogP contribution in [0.25, 0.3) is 34.1 Å². The van der Waals surface area contributed by atoms with Crippen molar-refractivity contribution in [2.75, 3.05) is 12.3 Å². The van der Waals surface area contributed by atoms with E-state index >= 15 is 4.39 Å². The monoisotopic (exact) mass is 595 g/mol. The second kappa shape index (κ2) is 10.9. The van der Waals surface area contributed by atoms with E-state index in [0.29, 0.717) is 40.7 Å². The lowest BCUT2D eigenvalue weighted by Crippen LogP contribution is -2.50. The van der Waals surface area contributed by atoms with Gasteiger partial charge in [-0.25, -0.2) is 24.0 Å². The number of rotatable bonds is 6. The van der Waals surface area contributed by atoms with Crippen LogP contribution in [-0.4, -0.2) is 64.9 Å². The number of halogens is 2. The lowest BCUT2D eigenvalue weighted by Gasteiger charge is -2.38. The van der Waals surface area contributed by atoms with E-state index in [1.807, 2.05) is 40.7 Å². The summed E-state index contributed by atoms with van der Waals surface area (Å²) in [4.78, 5) is 27.9. The molecule has 44 heavy (non-hydrogen) atoms. The molecule has 4 aromatic heterocycles. The lowest BCUT2D eigenvalue weighted by atomic mass is 9.96. The van der Waals surface area contributed by atoms with E-state index in [4.69, 9.17) is 15.7 Å². The van der Waals surface area contributed by atoms with Gasteiger partial charge in [-0.2, -0.15) is 4.39 Å². The number of hydrogen-bond donors (Lipinski definition) is 2. The van der Waals surface area contributed by atoms with Gasteiger partial charge in [0.15, 0.2) is 17.3 Å². The van der Waals surface area contributed by atoms with Crippen molar-refractivity contribution in [2.45, 2.75) is 50.5 Å². The van der Waals surface area contributed by atoms with Crippen molar-refractivity contribution in [1.29, 1.82) is 0 Å². The minimum absolute atomic E-state index is 0.0385. The third-order valence-electron chi connectivity index (χ3n) is 8.61. The Morgan fingerprint density at radius 1 is 1.18 bits per heavy atom. The van der Waals surface area contributed by atoms with Crippen LogP contribution in [0, 0.1) is 5.95 Å². The van der Waals surface area contributed by atoms with Crippen molar-refractivity contribution in [2.24, 2.45) is 0 Å². The minimum atomic E-state index is -1.10. The van der Waals surface area contributed by atoms with Crippen LogP contribution in [-0.2, 0) is 11.2 Å². The summed E-state index contributed by atoms with van der Waals surface area (Å²) < 4.78 is 32.6. The second-order valence-electron chi connectivity index (χ2n) is 11.4. The largest absolute Gasteiger partial charge is 0.383 e. The fourth-order valence-corrected chi connectivity index (χ4v) is 6.49. The van der Waals surface area contributed by atoms with Gasteiger partial charge in [0.1, 0.15) is 17.5 Å². The number of nitrogens with two attached hydrogens (primary N) is 1. The molecular formula is C32H31F2N9O. The van der Waals surface area contributed by atoms with E-state index in [9.17, 15) is 9.18 Å². The maximum absolute atomic E-state index is 15.6. The molecule has 5 aromatic rings. The van der Waals surface area contributed by atoms with E-state index in [1.165, 1.54) is 23.0 Å². The van der Waals surface area contributed by atoms with Gasteiger partial charge in [0.2, 0.25) is 11.9 Å². The van der Waals surface area contributed by atoms with Gasteiger partial charge in [-0.3, -0.25) is 9.36 Å². The summed E-state index contributed by atoms with van der Waals surface area (Å²) in [6.45, 7) is 6.22. The molecule has 0 saturated carbocycles. The molecule has 0 spiro atoms. The topological polar surface area (TPSA) is 120 Å². The number of nitrogen functional groups attached to an aromatic ring is 1. The van der Waals surface area contributed by atoms with Gasteiger partial charge in [-0.1, -0.05) is 12.6 Å². The minimum Gasteiger partial charge on any atom is -0.383 e. The molecule has 1 fully saturated rings. The van der Waals surface area contributed by atoms with Crippen LogP contribution in [0.15, 0.2) is 73.6 Å². The summed E-state index contributed by atoms with van der Waals surface area (Å²) in [6, 6.07) is 13.9. The first-order valence-electron chi connectivity index (χ1n) is 14.6. The SMILES string of the molecule is C=CC(=O)N1CCC(NC2c3ccc(-n4c(-c5cccnc5N)nc5ccc(-n6ccc(F)n6)nc54)cc3CC2F)C[C@@H]1C. The van der Waals surface area contributed by atoms with Gasteiger partial charge in [0, 0.05) is 49.2 Å². The highest BCUT2D eigenvalue weighted by molar-refractivity contribution is 5.87. The molecule has 1 aliphatic carbocycles. The van der Waals surface area contributed by atoms with Crippen LogP contribution in [0.5, 0.6) is 0 Å². The summed E-state index contributed by atoms with van der Waals surface area (Å²) >= 11 is 0. The van der Waals surface area contributed by atoms with Crippen LogP contribution < -0.4 is 11.1 Å². The molecule has 1 aromatic carbocycles. The van der Waals surface area contributed by atoms with E-state index in [1.54, 1.807) is 24.4 Å². The molecule has 7 rings (SSSR count). The molecule has 3 unspecified atom stereocenters. The first-order chi connectivity index (χ1) is 21.3. The number of pyridine rings is 2. The lowest BCUT2D eigenvalue weighted by molar-refractivity contribution is -0.129. The van der Waals surface area contributed by atoms with Gasteiger partial charge in [0.05, 0.1) is 11.6 Å². The number of carbonyl (C=O) groups excluding carboxylic acids is 1. The quantitative estimate of drug-likeness (QED) is 0.278. The molecule has 10 nitrogen and oxygen atoms in total. The van der Waals surface area contributed by atoms with Crippen LogP contribution in [0.1, 0.15) is 36.9 Å². The Bertz CT molecular complexity index is 1900. The Hall–Kier alpha value is -4.97. The first kappa shape index (κ1) is 27.8. The van der Waals surface area contributed by atoms with E-state index in [0.717, 1.165) is 29.7 Å². The third-order valence-corrected chi connectivity index (χ3v) is 8.61. The number of likely N-dealkylation sites (tertiary alicyclic amines) is 1. The summed E-state index contributed by atoms with van der Waals surface area (Å²) in [6.07, 6.45) is 5.09. The molecule has 3 N–H and O–H groups in total. The van der Waals surface area contributed by atoms with Gasteiger partial charge in [-0.05, 0) is 73.4 Å². The summed E-state index contributed by atoms with van der Waals surface area (Å²) in [5.74, 6) is 0.564. The average molecular weight is 596 g/mol. The zero-order valence-electron chi connectivity index (χ0n) is 24.1. The van der Waals surface area contributed by atoms with Gasteiger partial charge in [-0.15, -0.1) is 5.10 Å². The first-order valence-corrected chi connectivity index (χ1v) is 14.6. The smallest absolute Gasteiger partial charge is 0.246 e. The van der Waals surface area contributed by atoms with Crippen molar-refractivity contribution < 1.29 is 13.6 Å². The number of aromatic nitrogens is 6. The number of piperidine rings is 1. The van der Waals surface area contributed by atoms with E-state index < -0.39 is 18.2 Å². The Morgan fingerprint density at radius 3 is 2.80 bits per heavy atom. The Kier molecular flexibility index (Phi) is 6.92. The number of amides is 1. The van der Waals surface area contributed by atoms with Crippen LogP contribution in [0.4, 0.5) is 14.6 Å². The number of nitrogens with zero attached hydrogens (tertiary/aromatic N) is 7. The highest BCUT2D eigenvalue weighted by Gasteiger charge is 2.36. The average Bonchev–Trinajstić information content (AvgIpc) is 3.71. The molecule has 12 heteroatoms.